The first-order valence-electron chi connectivity index (χ1n) is 9.42. The molecule has 0 saturated heterocycles. The molecular formula is C22H24N4O. The molecule has 5 heteroatoms. The van der Waals surface area contributed by atoms with Crippen molar-refractivity contribution >= 4 is 5.91 Å². The molecule has 138 valence electrons. The molecule has 1 aliphatic carbocycles. The first kappa shape index (κ1) is 17.5. The van der Waals surface area contributed by atoms with Gasteiger partial charge in [-0.2, -0.15) is 5.10 Å². The third-order valence-electron chi connectivity index (χ3n) is 4.76. The van der Waals surface area contributed by atoms with Crippen LogP contribution in [-0.4, -0.2) is 21.7 Å². The maximum Gasteiger partial charge on any atom is 0.241 e. The lowest BCUT2D eigenvalue weighted by molar-refractivity contribution is -0.123. The number of benzene rings is 2. The van der Waals surface area contributed by atoms with Gasteiger partial charge in [-0.05, 0) is 35.6 Å². The van der Waals surface area contributed by atoms with Gasteiger partial charge in [0.25, 0.3) is 0 Å². The number of nitrogens with one attached hydrogen (secondary N) is 2. The van der Waals surface area contributed by atoms with E-state index < -0.39 is 0 Å². The van der Waals surface area contributed by atoms with Crippen LogP contribution in [0.2, 0.25) is 0 Å². The summed E-state index contributed by atoms with van der Waals surface area (Å²) in [4.78, 5) is 12.7. The normalized spacial score (nSPS) is 14.7. The molecule has 2 N–H and O–H groups in total. The summed E-state index contributed by atoms with van der Waals surface area (Å²) in [6, 6.07) is 20.3. The van der Waals surface area contributed by atoms with Gasteiger partial charge in [0, 0.05) is 25.0 Å². The topological polar surface area (TPSA) is 59.0 Å². The molecule has 0 unspecified atom stereocenters. The van der Waals surface area contributed by atoms with E-state index in [0.29, 0.717) is 12.6 Å². The van der Waals surface area contributed by atoms with Crippen LogP contribution < -0.4 is 10.6 Å². The lowest BCUT2D eigenvalue weighted by atomic mass is 10.1. The zero-order valence-corrected chi connectivity index (χ0v) is 15.2. The highest BCUT2D eigenvalue weighted by atomic mass is 16.2. The van der Waals surface area contributed by atoms with Gasteiger partial charge in [0.2, 0.25) is 5.91 Å². The van der Waals surface area contributed by atoms with Gasteiger partial charge in [-0.25, -0.2) is 0 Å². The third-order valence-corrected chi connectivity index (χ3v) is 4.76. The number of rotatable bonds is 8. The molecule has 27 heavy (non-hydrogen) atoms. The van der Waals surface area contributed by atoms with Crippen LogP contribution in [0.1, 0.15) is 35.6 Å². The van der Waals surface area contributed by atoms with Gasteiger partial charge in [0.1, 0.15) is 6.04 Å². The van der Waals surface area contributed by atoms with E-state index in [0.717, 1.165) is 30.5 Å². The Morgan fingerprint density at radius 2 is 1.78 bits per heavy atom. The summed E-state index contributed by atoms with van der Waals surface area (Å²) in [6.45, 7) is 1.40. The lowest BCUT2D eigenvalue weighted by Gasteiger charge is -2.19. The number of carbonyl (C=O) groups is 1. The molecule has 0 radical (unpaired) electrons. The van der Waals surface area contributed by atoms with E-state index in [2.05, 4.69) is 40.0 Å². The summed E-state index contributed by atoms with van der Waals surface area (Å²) >= 11 is 0. The minimum Gasteiger partial charge on any atom is -0.352 e. The Kier molecular flexibility index (Phi) is 5.30. The van der Waals surface area contributed by atoms with Gasteiger partial charge in [-0.15, -0.1) is 0 Å². The molecule has 0 aliphatic heterocycles. The molecule has 1 aromatic heterocycles. The maximum absolute atomic E-state index is 12.7. The van der Waals surface area contributed by atoms with Crippen LogP contribution in [0.4, 0.5) is 0 Å². The summed E-state index contributed by atoms with van der Waals surface area (Å²) in [5, 5.41) is 10.8. The standard InChI is InChI=1S/C22H24N4O/c27-22(25-20-11-12-20)21(19-5-2-1-3-6-19)23-15-17-7-9-18(10-8-17)16-26-14-4-13-24-26/h1-10,13-14,20-21,23H,11-12,15-16H2,(H,25,27)/t21-/m0/s1. The van der Waals surface area contributed by atoms with Crippen LogP contribution in [0.5, 0.6) is 0 Å². The van der Waals surface area contributed by atoms with Crippen molar-refractivity contribution in [1.82, 2.24) is 20.4 Å². The molecule has 4 rings (SSSR count). The second kappa shape index (κ2) is 8.18. The average Bonchev–Trinajstić information content (AvgIpc) is 3.36. The van der Waals surface area contributed by atoms with Crippen molar-refractivity contribution < 1.29 is 4.79 Å². The average molecular weight is 360 g/mol. The van der Waals surface area contributed by atoms with Crippen LogP contribution in [0.15, 0.2) is 73.1 Å². The molecule has 1 heterocycles. The molecule has 0 spiro atoms. The van der Waals surface area contributed by atoms with Gasteiger partial charge < -0.3 is 5.32 Å². The second-order valence-electron chi connectivity index (χ2n) is 7.03. The van der Waals surface area contributed by atoms with Crippen LogP contribution in [0.25, 0.3) is 0 Å². The molecule has 0 bridgehead atoms. The Morgan fingerprint density at radius 1 is 1.04 bits per heavy atom. The lowest BCUT2D eigenvalue weighted by Crippen LogP contribution is -2.38. The van der Waals surface area contributed by atoms with E-state index in [1.807, 2.05) is 47.3 Å². The van der Waals surface area contributed by atoms with Gasteiger partial charge in [-0.3, -0.25) is 14.8 Å². The molecule has 1 saturated carbocycles. The van der Waals surface area contributed by atoms with E-state index in [4.69, 9.17) is 0 Å². The predicted molar refractivity (Wildman–Crippen MR) is 105 cm³/mol. The Hall–Kier alpha value is -2.92. The largest absolute Gasteiger partial charge is 0.352 e. The van der Waals surface area contributed by atoms with Gasteiger partial charge in [0.05, 0.1) is 6.54 Å². The van der Waals surface area contributed by atoms with Crippen molar-refractivity contribution in [3.8, 4) is 0 Å². The number of carbonyl (C=O) groups excluding carboxylic acids is 1. The number of nitrogens with zero attached hydrogens (tertiary/aromatic N) is 2. The van der Waals surface area contributed by atoms with Crippen molar-refractivity contribution in [2.45, 2.75) is 38.0 Å². The van der Waals surface area contributed by atoms with Crippen LogP contribution >= 0.6 is 0 Å². The molecule has 1 amide bonds. The minimum atomic E-state index is -0.337. The maximum atomic E-state index is 12.7. The van der Waals surface area contributed by atoms with Crippen molar-refractivity contribution in [3.05, 3.63) is 89.7 Å². The second-order valence-corrected chi connectivity index (χ2v) is 7.03. The highest BCUT2D eigenvalue weighted by molar-refractivity contribution is 5.83. The summed E-state index contributed by atoms with van der Waals surface area (Å²) in [5.74, 6) is 0.0546. The van der Waals surface area contributed by atoms with Crippen molar-refractivity contribution in [2.75, 3.05) is 0 Å². The summed E-state index contributed by atoms with van der Waals surface area (Å²) in [6.07, 6.45) is 5.92. The fourth-order valence-electron chi connectivity index (χ4n) is 3.08. The molecule has 1 aliphatic rings. The molecule has 2 aromatic carbocycles. The molecule has 1 fully saturated rings. The first-order valence-corrected chi connectivity index (χ1v) is 9.42. The van der Waals surface area contributed by atoms with E-state index >= 15 is 0 Å². The monoisotopic (exact) mass is 360 g/mol. The number of hydrogen-bond acceptors (Lipinski definition) is 3. The zero-order chi connectivity index (χ0) is 18.5. The van der Waals surface area contributed by atoms with E-state index in [-0.39, 0.29) is 11.9 Å². The van der Waals surface area contributed by atoms with Crippen molar-refractivity contribution in [2.24, 2.45) is 0 Å². The Bertz CT molecular complexity index is 855. The van der Waals surface area contributed by atoms with E-state index in [1.165, 1.54) is 5.56 Å². The fraction of sp³-hybridized carbons (Fsp3) is 0.273. The summed E-state index contributed by atoms with van der Waals surface area (Å²) in [7, 11) is 0. The number of aromatic nitrogens is 2. The molecular weight excluding hydrogens is 336 g/mol. The van der Waals surface area contributed by atoms with Gasteiger partial charge in [0.15, 0.2) is 0 Å². The van der Waals surface area contributed by atoms with Crippen LogP contribution in [0, 0.1) is 0 Å². The zero-order valence-electron chi connectivity index (χ0n) is 15.2. The Morgan fingerprint density at radius 3 is 2.44 bits per heavy atom. The Balaban J connectivity index is 1.40. The smallest absolute Gasteiger partial charge is 0.241 e. The first-order chi connectivity index (χ1) is 13.3. The summed E-state index contributed by atoms with van der Waals surface area (Å²) < 4.78 is 1.90. The van der Waals surface area contributed by atoms with E-state index in [9.17, 15) is 4.79 Å². The fourth-order valence-corrected chi connectivity index (χ4v) is 3.08. The highest BCUT2D eigenvalue weighted by Crippen LogP contribution is 2.21. The van der Waals surface area contributed by atoms with Crippen molar-refractivity contribution in [3.63, 3.8) is 0 Å². The van der Waals surface area contributed by atoms with Gasteiger partial charge in [-0.1, -0.05) is 54.6 Å². The van der Waals surface area contributed by atoms with Gasteiger partial charge >= 0.3 is 0 Å². The number of hydrogen-bond donors (Lipinski definition) is 2. The third kappa shape index (κ3) is 4.83. The van der Waals surface area contributed by atoms with Crippen LogP contribution in [0.3, 0.4) is 0 Å². The van der Waals surface area contributed by atoms with Crippen molar-refractivity contribution in [1.29, 1.82) is 0 Å². The molecule has 5 nitrogen and oxygen atoms in total. The quantitative estimate of drug-likeness (QED) is 0.649. The summed E-state index contributed by atoms with van der Waals surface area (Å²) in [5.41, 5.74) is 3.35. The molecule has 1 atom stereocenters. The number of amides is 1. The van der Waals surface area contributed by atoms with E-state index in [1.54, 1.807) is 6.20 Å². The SMILES string of the molecule is O=C(NC1CC1)[C@@H](NCc1ccc(Cn2cccn2)cc1)c1ccccc1. The molecule has 3 aromatic rings. The minimum absolute atomic E-state index is 0.0546. The van der Waals surface area contributed by atoms with Crippen LogP contribution in [-0.2, 0) is 17.9 Å². The highest BCUT2D eigenvalue weighted by Gasteiger charge is 2.28. The predicted octanol–water partition coefficient (Wildman–Crippen LogP) is 3.04. The Labute approximate surface area is 159 Å².